The Bertz CT molecular complexity index is 689. The summed E-state index contributed by atoms with van der Waals surface area (Å²) >= 11 is 0. The highest BCUT2D eigenvalue weighted by molar-refractivity contribution is 6.06. The Balaban J connectivity index is 2.33. The van der Waals surface area contributed by atoms with E-state index < -0.39 is 23.4 Å². The lowest BCUT2D eigenvalue weighted by atomic mass is 10.2. The molecule has 0 bridgehead atoms. The average molecular weight is 298 g/mol. The van der Waals surface area contributed by atoms with Gasteiger partial charge in [0.1, 0.15) is 5.69 Å². The minimum Gasteiger partial charge on any atom is -0.395 e. The van der Waals surface area contributed by atoms with Crippen molar-refractivity contribution < 1.29 is 18.0 Å². The fraction of sp³-hybridized carbons (Fsp3) is 0.231. The number of halogens is 3. The van der Waals surface area contributed by atoms with Gasteiger partial charge >= 0.3 is 0 Å². The van der Waals surface area contributed by atoms with E-state index in [1.807, 2.05) is 6.92 Å². The minimum atomic E-state index is -1.60. The first kappa shape index (κ1) is 14.9. The largest absolute Gasteiger partial charge is 0.395 e. The first-order chi connectivity index (χ1) is 9.85. The standard InChI is InChI=1S/C13H13F3N4O/c1-3-9-11(17)12(20(2)19-9)13(21)18-6-4-7(14)10(16)8(15)5-6/h4-5H,3,17H2,1-2H3,(H,18,21). The molecule has 112 valence electrons. The number of amides is 1. The van der Waals surface area contributed by atoms with Crippen LogP contribution in [0.25, 0.3) is 0 Å². The first-order valence-corrected chi connectivity index (χ1v) is 6.12. The lowest BCUT2D eigenvalue weighted by Gasteiger charge is -2.07. The molecule has 0 aliphatic rings. The van der Waals surface area contributed by atoms with Crippen LogP contribution in [0.1, 0.15) is 23.1 Å². The zero-order valence-electron chi connectivity index (χ0n) is 11.4. The van der Waals surface area contributed by atoms with Crippen molar-refractivity contribution in [2.24, 2.45) is 7.05 Å². The Morgan fingerprint density at radius 3 is 2.38 bits per heavy atom. The summed E-state index contributed by atoms with van der Waals surface area (Å²) in [6.45, 7) is 1.82. The number of anilines is 2. The van der Waals surface area contributed by atoms with Crippen molar-refractivity contribution in [2.75, 3.05) is 11.1 Å². The number of rotatable bonds is 3. The van der Waals surface area contributed by atoms with Crippen LogP contribution >= 0.6 is 0 Å². The van der Waals surface area contributed by atoms with Crippen molar-refractivity contribution in [3.05, 3.63) is 41.0 Å². The highest BCUT2D eigenvalue weighted by atomic mass is 19.2. The van der Waals surface area contributed by atoms with Gasteiger partial charge < -0.3 is 11.1 Å². The quantitative estimate of drug-likeness (QED) is 0.853. The van der Waals surface area contributed by atoms with E-state index >= 15 is 0 Å². The summed E-state index contributed by atoms with van der Waals surface area (Å²) in [6.07, 6.45) is 0.534. The van der Waals surface area contributed by atoms with Gasteiger partial charge in [0.05, 0.1) is 11.4 Å². The van der Waals surface area contributed by atoms with Crippen LogP contribution in [0, 0.1) is 17.5 Å². The van der Waals surface area contributed by atoms with E-state index in [1.165, 1.54) is 11.7 Å². The van der Waals surface area contributed by atoms with E-state index in [1.54, 1.807) is 0 Å². The fourth-order valence-corrected chi connectivity index (χ4v) is 1.94. The van der Waals surface area contributed by atoms with Crippen LogP contribution in [0.4, 0.5) is 24.5 Å². The van der Waals surface area contributed by atoms with Gasteiger partial charge in [0.2, 0.25) is 0 Å². The van der Waals surface area contributed by atoms with E-state index in [-0.39, 0.29) is 17.1 Å². The van der Waals surface area contributed by atoms with Crippen molar-refractivity contribution in [1.29, 1.82) is 0 Å². The van der Waals surface area contributed by atoms with E-state index in [0.29, 0.717) is 24.2 Å². The van der Waals surface area contributed by atoms with E-state index in [0.717, 1.165) is 0 Å². The lowest BCUT2D eigenvalue weighted by Crippen LogP contribution is -2.18. The van der Waals surface area contributed by atoms with Crippen molar-refractivity contribution in [2.45, 2.75) is 13.3 Å². The fourth-order valence-electron chi connectivity index (χ4n) is 1.94. The van der Waals surface area contributed by atoms with Gasteiger partial charge in [-0.25, -0.2) is 13.2 Å². The smallest absolute Gasteiger partial charge is 0.276 e. The maximum atomic E-state index is 13.1. The number of nitrogens with one attached hydrogen (secondary N) is 1. The molecule has 0 radical (unpaired) electrons. The Kier molecular flexibility index (Phi) is 3.88. The number of aryl methyl sites for hydroxylation is 2. The molecule has 3 N–H and O–H groups in total. The maximum Gasteiger partial charge on any atom is 0.276 e. The second-order valence-electron chi connectivity index (χ2n) is 4.39. The molecule has 0 saturated carbocycles. The van der Waals surface area contributed by atoms with Gasteiger partial charge in [-0.15, -0.1) is 0 Å². The van der Waals surface area contributed by atoms with E-state index in [2.05, 4.69) is 10.4 Å². The van der Waals surface area contributed by atoms with Crippen molar-refractivity contribution >= 4 is 17.3 Å². The summed E-state index contributed by atoms with van der Waals surface area (Å²) in [7, 11) is 1.52. The molecule has 2 aromatic rings. The molecular formula is C13H13F3N4O. The lowest BCUT2D eigenvalue weighted by molar-refractivity contribution is 0.101. The van der Waals surface area contributed by atoms with Crippen molar-refractivity contribution in [1.82, 2.24) is 9.78 Å². The maximum absolute atomic E-state index is 13.1. The summed E-state index contributed by atoms with van der Waals surface area (Å²) < 4.78 is 40.3. The second kappa shape index (κ2) is 5.47. The monoisotopic (exact) mass is 298 g/mol. The second-order valence-corrected chi connectivity index (χ2v) is 4.39. The summed E-state index contributed by atoms with van der Waals surface area (Å²) in [4.78, 5) is 12.1. The number of carbonyl (C=O) groups excluding carboxylic acids is 1. The number of nitrogens with two attached hydrogens (primary N) is 1. The molecule has 1 amide bonds. The van der Waals surface area contributed by atoms with E-state index in [9.17, 15) is 18.0 Å². The highest BCUT2D eigenvalue weighted by Crippen LogP contribution is 2.21. The summed E-state index contributed by atoms with van der Waals surface area (Å²) in [5.41, 5.74) is 6.39. The predicted octanol–water partition coefficient (Wildman–Crippen LogP) is 2.23. The first-order valence-electron chi connectivity index (χ1n) is 6.12. The molecular weight excluding hydrogens is 285 g/mol. The molecule has 0 unspecified atom stereocenters. The molecule has 0 fully saturated rings. The molecule has 0 saturated heterocycles. The van der Waals surface area contributed by atoms with Gasteiger partial charge in [0.15, 0.2) is 17.5 Å². The summed E-state index contributed by atoms with van der Waals surface area (Å²) in [5, 5.41) is 6.32. The number of carbonyl (C=O) groups is 1. The van der Waals surface area contributed by atoms with Crippen LogP contribution in [0.5, 0.6) is 0 Å². The van der Waals surface area contributed by atoms with Crippen molar-refractivity contribution in [3.63, 3.8) is 0 Å². The van der Waals surface area contributed by atoms with Gasteiger partial charge in [0.25, 0.3) is 5.91 Å². The minimum absolute atomic E-state index is 0.0667. The summed E-state index contributed by atoms with van der Waals surface area (Å²) in [5.74, 6) is -5.07. The summed E-state index contributed by atoms with van der Waals surface area (Å²) in [6, 6.07) is 1.37. The zero-order chi connectivity index (χ0) is 15.7. The number of benzene rings is 1. The average Bonchev–Trinajstić information content (AvgIpc) is 2.70. The van der Waals surface area contributed by atoms with Crippen molar-refractivity contribution in [3.8, 4) is 0 Å². The highest BCUT2D eigenvalue weighted by Gasteiger charge is 2.20. The van der Waals surface area contributed by atoms with Gasteiger partial charge in [0, 0.05) is 24.9 Å². The Morgan fingerprint density at radius 1 is 1.33 bits per heavy atom. The molecule has 0 atom stereocenters. The molecule has 0 spiro atoms. The number of aromatic nitrogens is 2. The third-order valence-corrected chi connectivity index (χ3v) is 2.95. The van der Waals surface area contributed by atoms with Gasteiger partial charge in [-0.05, 0) is 6.42 Å². The molecule has 0 aliphatic heterocycles. The molecule has 2 rings (SSSR count). The third-order valence-electron chi connectivity index (χ3n) is 2.95. The molecule has 5 nitrogen and oxygen atoms in total. The molecule has 21 heavy (non-hydrogen) atoms. The Hall–Kier alpha value is -2.51. The number of hydrogen-bond donors (Lipinski definition) is 2. The van der Waals surface area contributed by atoms with Gasteiger partial charge in [-0.2, -0.15) is 5.10 Å². The molecule has 1 aromatic carbocycles. The molecule has 1 heterocycles. The van der Waals surface area contributed by atoms with Crippen LogP contribution in [-0.4, -0.2) is 15.7 Å². The van der Waals surface area contributed by atoms with Gasteiger partial charge in [-0.1, -0.05) is 6.92 Å². The van der Waals surface area contributed by atoms with Crippen LogP contribution in [0.15, 0.2) is 12.1 Å². The SMILES string of the molecule is CCc1nn(C)c(C(=O)Nc2cc(F)c(F)c(F)c2)c1N. The number of hydrogen-bond acceptors (Lipinski definition) is 3. The van der Waals surface area contributed by atoms with Crippen LogP contribution in [-0.2, 0) is 13.5 Å². The van der Waals surface area contributed by atoms with Crippen LogP contribution in [0.3, 0.4) is 0 Å². The number of nitrogen functional groups attached to an aromatic ring is 1. The molecule has 1 aromatic heterocycles. The molecule has 8 heteroatoms. The number of nitrogens with zero attached hydrogens (tertiary/aromatic N) is 2. The zero-order valence-corrected chi connectivity index (χ0v) is 11.4. The van der Waals surface area contributed by atoms with Crippen LogP contribution in [0.2, 0.25) is 0 Å². The van der Waals surface area contributed by atoms with Gasteiger partial charge in [-0.3, -0.25) is 9.48 Å². The van der Waals surface area contributed by atoms with Crippen LogP contribution < -0.4 is 11.1 Å². The topological polar surface area (TPSA) is 72.9 Å². The Morgan fingerprint density at radius 2 is 1.90 bits per heavy atom. The molecule has 0 aliphatic carbocycles. The predicted molar refractivity (Wildman–Crippen MR) is 71.3 cm³/mol. The normalized spacial score (nSPS) is 10.7. The van der Waals surface area contributed by atoms with E-state index in [4.69, 9.17) is 5.73 Å². The Labute approximate surface area is 118 Å². The third kappa shape index (κ3) is 2.69.